The van der Waals surface area contributed by atoms with Crippen LogP contribution in [0.3, 0.4) is 0 Å². The van der Waals surface area contributed by atoms with Crippen LogP contribution < -0.4 is 15.4 Å². The van der Waals surface area contributed by atoms with Crippen molar-refractivity contribution in [2.24, 2.45) is 0 Å². The Morgan fingerprint density at radius 2 is 1.79 bits per heavy atom. The molecule has 24 heavy (non-hydrogen) atoms. The van der Waals surface area contributed by atoms with E-state index in [2.05, 4.69) is 29.3 Å². The molecule has 0 atom stereocenters. The molecular formula is C20H24N2O2. The normalized spacial score (nSPS) is 10.0. The van der Waals surface area contributed by atoms with Crippen LogP contribution in [0.2, 0.25) is 0 Å². The van der Waals surface area contributed by atoms with Crippen molar-refractivity contribution >= 4 is 11.6 Å². The van der Waals surface area contributed by atoms with Crippen LogP contribution in [0.15, 0.2) is 66.7 Å². The van der Waals surface area contributed by atoms with Gasteiger partial charge in [-0.05, 0) is 36.6 Å². The minimum Gasteiger partial charge on any atom is -0.487 e. The lowest BCUT2D eigenvalue weighted by atomic mass is 10.1. The van der Waals surface area contributed by atoms with Gasteiger partial charge in [0.05, 0.1) is 12.2 Å². The van der Waals surface area contributed by atoms with Crippen LogP contribution in [0.1, 0.15) is 12.5 Å². The first-order valence-electron chi connectivity index (χ1n) is 8.06. The molecule has 126 valence electrons. The number of benzene rings is 2. The number of hydrogen-bond donors (Lipinski definition) is 2. The standard InChI is InChI=1S/C20H24N2O2/c1-16(2)15-24-19-11-7-6-10-18(19)22-14-20(23)21-13-12-17-8-4-3-5-9-17/h3-11,22H,1,12-15H2,2H3,(H,21,23). The van der Waals surface area contributed by atoms with Gasteiger partial charge in [0, 0.05) is 6.54 Å². The first kappa shape index (κ1) is 17.6. The predicted molar refractivity (Wildman–Crippen MR) is 98.4 cm³/mol. The summed E-state index contributed by atoms with van der Waals surface area (Å²) in [6.45, 7) is 7.03. The molecule has 0 aromatic heterocycles. The lowest BCUT2D eigenvalue weighted by Crippen LogP contribution is -2.31. The molecule has 0 unspecified atom stereocenters. The van der Waals surface area contributed by atoms with E-state index in [-0.39, 0.29) is 12.5 Å². The molecule has 0 heterocycles. The van der Waals surface area contributed by atoms with Crippen LogP contribution in [0.5, 0.6) is 5.75 Å². The largest absolute Gasteiger partial charge is 0.487 e. The summed E-state index contributed by atoms with van der Waals surface area (Å²) in [7, 11) is 0. The fourth-order valence-electron chi connectivity index (χ4n) is 2.17. The second kappa shape index (κ2) is 9.40. The molecule has 0 aliphatic carbocycles. The van der Waals surface area contributed by atoms with Gasteiger partial charge in [0.15, 0.2) is 0 Å². The molecule has 0 spiro atoms. The Bertz CT molecular complexity index is 668. The zero-order valence-electron chi connectivity index (χ0n) is 14.0. The minimum absolute atomic E-state index is 0.0411. The quantitative estimate of drug-likeness (QED) is 0.695. The number of anilines is 1. The van der Waals surface area contributed by atoms with Crippen LogP contribution in [0, 0.1) is 0 Å². The molecule has 0 saturated carbocycles. The van der Waals surface area contributed by atoms with Crippen molar-refractivity contribution in [1.29, 1.82) is 0 Å². The number of amides is 1. The molecular weight excluding hydrogens is 300 g/mol. The first-order chi connectivity index (χ1) is 11.6. The molecule has 4 nitrogen and oxygen atoms in total. The number of hydrogen-bond acceptors (Lipinski definition) is 3. The highest BCUT2D eigenvalue weighted by Crippen LogP contribution is 2.23. The topological polar surface area (TPSA) is 50.4 Å². The Labute approximate surface area is 143 Å². The summed E-state index contributed by atoms with van der Waals surface area (Å²) in [6, 6.07) is 17.7. The van der Waals surface area contributed by atoms with Crippen LogP contribution >= 0.6 is 0 Å². The smallest absolute Gasteiger partial charge is 0.239 e. The van der Waals surface area contributed by atoms with E-state index in [1.165, 1.54) is 5.56 Å². The van der Waals surface area contributed by atoms with Crippen molar-refractivity contribution in [2.75, 3.05) is 25.0 Å². The number of carbonyl (C=O) groups excluding carboxylic acids is 1. The number of para-hydroxylation sites is 2. The van der Waals surface area contributed by atoms with Gasteiger partial charge in [-0.15, -0.1) is 0 Å². The highest BCUT2D eigenvalue weighted by molar-refractivity contribution is 5.81. The highest BCUT2D eigenvalue weighted by atomic mass is 16.5. The SMILES string of the molecule is C=C(C)COc1ccccc1NCC(=O)NCCc1ccccc1. The summed E-state index contributed by atoms with van der Waals surface area (Å²) in [5.74, 6) is 0.679. The third-order valence-electron chi connectivity index (χ3n) is 3.38. The Morgan fingerprint density at radius 3 is 2.54 bits per heavy atom. The minimum atomic E-state index is -0.0411. The second-order valence-corrected chi connectivity index (χ2v) is 5.68. The molecule has 2 rings (SSSR count). The number of carbonyl (C=O) groups is 1. The summed E-state index contributed by atoms with van der Waals surface area (Å²) in [5.41, 5.74) is 2.96. The summed E-state index contributed by atoms with van der Waals surface area (Å²) in [5, 5.41) is 6.03. The lowest BCUT2D eigenvalue weighted by molar-refractivity contribution is -0.119. The zero-order valence-corrected chi connectivity index (χ0v) is 14.0. The van der Waals surface area contributed by atoms with Gasteiger partial charge < -0.3 is 15.4 Å². The van der Waals surface area contributed by atoms with Crippen molar-refractivity contribution in [3.8, 4) is 5.75 Å². The highest BCUT2D eigenvalue weighted by Gasteiger charge is 2.05. The van der Waals surface area contributed by atoms with Gasteiger partial charge in [-0.2, -0.15) is 0 Å². The Kier molecular flexibility index (Phi) is 6.90. The predicted octanol–water partition coefficient (Wildman–Crippen LogP) is 3.41. The Balaban J connectivity index is 1.76. The lowest BCUT2D eigenvalue weighted by Gasteiger charge is -2.13. The Morgan fingerprint density at radius 1 is 1.08 bits per heavy atom. The summed E-state index contributed by atoms with van der Waals surface area (Å²) < 4.78 is 5.68. The van der Waals surface area contributed by atoms with Crippen molar-refractivity contribution < 1.29 is 9.53 Å². The van der Waals surface area contributed by atoms with Gasteiger partial charge in [-0.25, -0.2) is 0 Å². The third kappa shape index (κ3) is 6.16. The fourth-order valence-corrected chi connectivity index (χ4v) is 2.17. The van der Waals surface area contributed by atoms with Crippen LogP contribution in [0.25, 0.3) is 0 Å². The van der Waals surface area contributed by atoms with E-state index in [0.29, 0.717) is 13.2 Å². The molecule has 0 fully saturated rings. The van der Waals surface area contributed by atoms with E-state index < -0.39 is 0 Å². The van der Waals surface area contributed by atoms with E-state index in [4.69, 9.17) is 4.74 Å². The van der Waals surface area contributed by atoms with Crippen molar-refractivity contribution in [3.63, 3.8) is 0 Å². The second-order valence-electron chi connectivity index (χ2n) is 5.68. The number of nitrogens with one attached hydrogen (secondary N) is 2. The summed E-state index contributed by atoms with van der Waals surface area (Å²) in [4.78, 5) is 12.0. The van der Waals surface area contributed by atoms with Crippen molar-refractivity contribution in [1.82, 2.24) is 5.32 Å². The van der Waals surface area contributed by atoms with Gasteiger partial charge in [-0.3, -0.25) is 4.79 Å². The molecule has 4 heteroatoms. The fraction of sp³-hybridized carbons (Fsp3) is 0.250. The molecule has 2 aromatic carbocycles. The maximum Gasteiger partial charge on any atom is 0.239 e. The van der Waals surface area contributed by atoms with E-state index in [1.807, 2.05) is 49.4 Å². The van der Waals surface area contributed by atoms with E-state index in [0.717, 1.165) is 23.4 Å². The van der Waals surface area contributed by atoms with Gasteiger partial charge in [0.1, 0.15) is 12.4 Å². The first-order valence-corrected chi connectivity index (χ1v) is 8.06. The van der Waals surface area contributed by atoms with Gasteiger partial charge in [0.2, 0.25) is 5.91 Å². The van der Waals surface area contributed by atoms with Crippen LogP contribution in [-0.4, -0.2) is 25.6 Å². The number of rotatable bonds is 9. The molecule has 2 N–H and O–H groups in total. The number of ether oxygens (including phenoxy) is 1. The van der Waals surface area contributed by atoms with Gasteiger partial charge in [0.25, 0.3) is 0 Å². The maximum absolute atomic E-state index is 12.0. The zero-order chi connectivity index (χ0) is 17.2. The Hall–Kier alpha value is -2.75. The van der Waals surface area contributed by atoms with Crippen molar-refractivity contribution in [2.45, 2.75) is 13.3 Å². The molecule has 0 radical (unpaired) electrons. The molecule has 0 bridgehead atoms. The van der Waals surface area contributed by atoms with E-state index in [1.54, 1.807) is 0 Å². The molecule has 0 saturated heterocycles. The van der Waals surface area contributed by atoms with Crippen LogP contribution in [0.4, 0.5) is 5.69 Å². The average molecular weight is 324 g/mol. The molecule has 0 aliphatic rings. The van der Waals surface area contributed by atoms with E-state index in [9.17, 15) is 4.79 Å². The van der Waals surface area contributed by atoms with Gasteiger partial charge in [-0.1, -0.05) is 49.0 Å². The van der Waals surface area contributed by atoms with Gasteiger partial charge >= 0.3 is 0 Å². The van der Waals surface area contributed by atoms with Crippen molar-refractivity contribution in [3.05, 3.63) is 72.3 Å². The molecule has 2 aromatic rings. The molecule has 1 amide bonds. The average Bonchev–Trinajstić information content (AvgIpc) is 2.59. The maximum atomic E-state index is 12.0. The molecule has 0 aliphatic heterocycles. The van der Waals surface area contributed by atoms with E-state index >= 15 is 0 Å². The van der Waals surface area contributed by atoms with Crippen LogP contribution in [-0.2, 0) is 11.2 Å². The summed E-state index contributed by atoms with van der Waals surface area (Å²) in [6.07, 6.45) is 0.824. The monoisotopic (exact) mass is 324 g/mol. The third-order valence-corrected chi connectivity index (χ3v) is 3.38. The summed E-state index contributed by atoms with van der Waals surface area (Å²) >= 11 is 0.